The molecule has 0 atom stereocenters. The molecule has 0 spiro atoms. The van der Waals surface area contributed by atoms with Gasteiger partial charge in [0.05, 0.1) is 26.2 Å². The van der Waals surface area contributed by atoms with Crippen molar-refractivity contribution in [2.45, 2.75) is 44.6 Å². The standard InChI is InChI=1S/C22H28N2O5S2/c1-27-16-11-14(12-17(28-2)20(16)29-3)13-18-21(26)24(22(30)31-18)10-9-19(25)23-15-7-5-4-6-8-15/h11-13,15H,4-10H2,1-3H3,(H,23,25). The second-order valence-electron chi connectivity index (χ2n) is 7.44. The van der Waals surface area contributed by atoms with E-state index in [1.165, 1.54) is 30.2 Å². The van der Waals surface area contributed by atoms with Crippen LogP contribution in [0.15, 0.2) is 17.0 Å². The lowest BCUT2D eigenvalue weighted by atomic mass is 9.95. The molecule has 1 saturated heterocycles. The van der Waals surface area contributed by atoms with E-state index >= 15 is 0 Å². The lowest BCUT2D eigenvalue weighted by molar-refractivity contribution is -0.124. The zero-order valence-electron chi connectivity index (χ0n) is 18.1. The molecule has 3 rings (SSSR count). The van der Waals surface area contributed by atoms with Gasteiger partial charge in [0.1, 0.15) is 4.32 Å². The highest BCUT2D eigenvalue weighted by atomic mass is 32.2. The number of benzene rings is 1. The first-order chi connectivity index (χ1) is 15.0. The number of thioether (sulfide) groups is 1. The number of thiocarbonyl (C=S) groups is 1. The van der Waals surface area contributed by atoms with Crippen LogP contribution in [0.5, 0.6) is 17.2 Å². The SMILES string of the molecule is COc1cc(C=C2SC(=S)N(CCC(=O)NC3CCCCC3)C2=O)cc(OC)c1OC. The molecule has 1 heterocycles. The molecule has 9 heteroatoms. The minimum atomic E-state index is -0.200. The summed E-state index contributed by atoms with van der Waals surface area (Å²) < 4.78 is 16.5. The average Bonchev–Trinajstić information content (AvgIpc) is 3.04. The van der Waals surface area contributed by atoms with Crippen molar-refractivity contribution in [1.29, 1.82) is 0 Å². The fraction of sp³-hybridized carbons (Fsp3) is 0.500. The number of hydrogen-bond acceptors (Lipinski definition) is 7. The van der Waals surface area contributed by atoms with Gasteiger partial charge in [0.25, 0.3) is 5.91 Å². The summed E-state index contributed by atoms with van der Waals surface area (Å²) in [5.41, 5.74) is 0.727. The van der Waals surface area contributed by atoms with Gasteiger partial charge >= 0.3 is 0 Å². The van der Waals surface area contributed by atoms with Gasteiger partial charge in [-0.2, -0.15) is 0 Å². The van der Waals surface area contributed by atoms with E-state index in [9.17, 15) is 9.59 Å². The molecule has 0 unspecified atom stereocenters. The van der Waals surface area contributed by atoms with E-state index in [1.54, 1.807) is 32.4 Å². The van der Waals surface area contributed by atoms with E-state index in [2.05, 4.69) is 5.32 Å². The summed E-state index contributed by atoms with van der Waals surface area (Å²) in [6.45, 7) is 0.274. The molecule has 31 heavy (non-hydrogen) atoms. The molecule has 1 aliphatic heterocycles. The van der Waals surface area contributed by atoms with Crippen LogP contribution < -0.4 is 19.5 Å². The number of ether oxygens (including phenoxy) is 3. The van der Waals surface area contributed by atoms with Crippen molar-refractivity contribution >= 4 is 46.2 Å². The number of hydrogen-bond donors (Lipinski definition) is 1. The van der Waals surface area contributed by atoms with Crippen molar-refractivity contribution in [1.82, 2.24) is 10.2 Å². The smallest absolute Gasteiger partial charge is 0.266 e. The molecule has 7 nitrogen and oxygen atoms in total. The van der Waals surface area contributed by atoms with Crippen molar-refractivity contribution in [2.24, 2.45) is 0 Å². The van der Waals surface area contributed by atoms with Crippen LogP contribution in [0.3, 0.4) is 0 Å². The number of nitrogens with one attached hydrogen (secondary N) is 1. The number of amides is 2. The predicted octanol–water partition coefficient (Wildman–Crippen LogP) is 3.75. The predicted molar refractivity (Wildman–Crippen MR) is 126 cm³/mol. The van der Waals surface area contributed by atoms with Crippen LogP contribution in [-0.4, -0.2) is 55.0 Å². The zero-order chi connectivity index (χ0) is 22.4. The molecule has 1 aromatic rings. The summed E-state index contributed by atoms with van der Waals surface area (Å²) in [6.07, 6.45) is 7.60. The van der Waals surface area contributed by atoms with Gasteiger partial charge in [0, 0.05) is 19.0 Å². The minimum absolute atomic E-state index is 0.0328. The van der Waals surface area contributed by atoms with Crippen LogP contribution >= 0.6 is 24.0 Å². The van der Waals surface area contributed by atoms with Crippen LogP contribution in [-0.2, 0) is 9.59 Å². The molecule has 2 fully saturated rings. The summed E-state index contributed by atoms with van der Waals surface area (Å²) in [6, 6.07) is 3.80. The van der Waals surface area contributed by atoms with Crippen molar-refractivity contribution in [3.63, 3.8) is 0 Å². The molecule has 1 aliphatic carbocycles. The third-order valence-electron chi connectivity index (χ3n) is 5.39. The highest BCUT2D eigenvalue weighted by Crippen LogP contribution is 2.40. The second kappa shape index (κ2) is 10.9. The van der Waals surface area contributed by atoms with Crippen molar-refractivity contribution in [3.8, 4) is 17.2 Å². The van der Waals surface area contributed by atoms with E-state index < -0.39 is 0 Å². The van der Waals surface area contributed by atoms with Crippen molar-refractivity contribution in [3.05, 3.63) is 22.6 Å². The van der Waals surface area contributed by atoms with Crippen molar-refractivity contribution in [2.75, 3.05) is 27.9 Å². The second-order valence-corrected chi connectivity index (χ2v) is 9.12. The molecular weight excluding hydrogens is 436 g/mol. The largest absolute Gasteiger partial charge is 0.493 e. The van der Waals surface area contributed by atoms with Crippen molar-refractivity contribution < 1.29 is 23.8 Å². The Hall–Kier alpha value is -2.26. The number of carbonyl (C=O) groups excluding carboxylic acids is 2. The summed E-state index contributed by atoms with van der Waals surface area (Å²) in [4.78, 5) is 27.2. The summed E-state index contributed by atoms with van der Waals surface area (Å²) in [7, 11) is 4.62. The Bertz CT molecular complexity index is 856. The Balaban J connectivity index is 1.67. The lowest BCUT2D eigenvalue weighted by Crippen LogP contribution is -2.39. The van der Waals surface area contributed by atoms with Gasteiger partial charge in [-0.15, -0.1) is 0 Å². The number of rotatable bonds is 8. The lowest BCUT2D eigenvalue weighted by Gasteiger charge is -2.23. The fourth-order valence-corrected chi connectivity index (χ4v) is 5.10. The molecule has 0 aromatic heterocycles. The molecule has 1 aromatic carbocycles. The summed E-state index contributed by atoms with van der Waals surface area (Å²) >= 11 is 6.61. The van der Waals surface area contributed by atoms with Gasteiger partial charge in [-0.1, -0.05) is 43.2 Å². The topological polar surface area (TPSA) is 77.1 Å². The first-order valence-corrected chi connectivity index (χ1v) is 11.5. The Labute approximate surface area is 192 Å². The van der Waals surface area contributed by atoms with Crippen LogP contribution in [0.25, 0.3) is 6.08 Å². The highest BCUT2D eigenvalue weighted by molar-refractivity contribution is 8.26. The third kappa shape index (κ3) is 5.71. The maximum atomic E-state index is 12.9. The molecule has 0 radical (unpaired) electrons. The maximum Gasteiger partial charge on any atom is 0.266 e. The Morgan fingerprint density at radius 1 is 1.16 bits per heavy atom. The van der Waals surface area contributed by atoms with Gasteiger partial charge in [-0.05, 0) is 36.6 Å². The van der Waals surface area contributed by atoms with E-state index in [0.717, 1.165) is 31.2 Å². The fourth-order valence-electron chi connectivity index (χ4n) is 3.79. The number of nitrogens with zero attached hydrogens (tertiary/aromatic N) is 1. The van der Waals surface area contributed by atoms with E-state index in [1.807, 2.05) is 0 Å². The normalized spacial score (nSPS) is 18.4. The third-order valence-corrected chi connectivity index (χ3v) is 6.77. The van der Waals surface area contributed by atoms with Gasteiger partial charge in [0.15, 0.2) is 11.5 Å². The van der Waals surface area contributed by atoms with Gasteiger partial charge in [-0.3, -0.25) is 14.5 Å². The average molecular weight is 465 g/mol. The zero-order valence-corrected chi connectivity index (χ0v) is 19.7. The van der Waals surface area contributed by atoms with Crippen LogP contribution in [0, 0.1) is 0 Å². The number of carbonyl (C=O) groups is 2. The highest BCUT2D eigenvalue weighted by Gasteiger charge is 2.32. The monoisotopic (exact) mass is 464 g/mol. The first kappa shape index (κ1) is 23.4. The molecule has 2 aliphatic rings. The first-order valence-electron chi connectivity index (χ1n) is 10.3. The maximum absolute atomic E-state index is 12.9. The van der Waals surface area contributed by atoms with E-state index in [-0.39, 0.29) is 30.8 Å². The molecule has 2 amide bonds. The number of methoxy groups -OCH3 is 3. The van der Waals surface area contributed by atoms with Gasteiger partial charge in [0.2, 0.25) is 11.7 Å². The summed E-state index contributed by atoms with van der Waals surface area (Å²) in [5, 5.41) is 3.08. The van der Waals surface area contributed by atoms with Gasteiger partial charge in [-0.25, -0.2) is 0 Å². The quantitative estimate of drug-likeness (QED) is 0.464. The summed E-state index contributed by atoms with van der Waals surface area (Å²) in [5.74, 6) is 1.26. The molecule has 1 N–H and O–H groups in total. The molecule has 168 valence electrons. The molecule has 0 bridgehead atoms. The molecule has 1 saturated carbocycles. The van der Waals surface area contributed by atoms with Crippen LogP contribution in [0.2, 0.25) is 0 Å². The van der Waals surface area contributed by atoms with E-state index in [4.69, 9.17) is 26.4 Å². The Morgan fingerprint density at radius 2 is 1.81 bits per heavy atom. The Kier molecular flexibility index (Phi) is 8.20. The van der Waals surface area contributed by atoms with E-state index in [0.29, 0.717) is 26.5 Å². The minimum Gasteiger partial charge on any atom is -0.493 e. The van der Waals surface area contributed by atoms with Crippen LogP contribution in [0.4, 0.5) is 0 Å². The van der Waals surface area contributed by atoms with Crippen LogP contribution in [0.1, 0.15) is 44.1 Å². The molecular formula is C22H28N2O5S2. The van der Waals surface area contributed by atoms with Gasteiger partial charge < -0.3 is 19.5 Å². The Morgan fingerprint density at radius 3 is 2.39 bits per heavy atom.